The largest absolute Gasteiger partial charge is 0.506 e. The number of carbonyl (C=O) groups is 1. The van der Waals surface area contributed by atoms with Crippen LogP contribution in [0.25, 0.3) is 22.0 Å². The predicted molar refractivity (Wildman–Crippen MR) is 177 cm³/mol. The Bertz CT molecular complexity index is 1780. The molecule has 5 aromatic rings. The molecule has 0 aliphatic rings. The fourth-order valence-electron chi connectivity index (χ4n) is 5.18. The minimum absolute atomic E-state index is 0. The number of carboxylic acid groups (broad SMARTS) is 1. The van der Waals surface area contributed by atoms with Crippen molar-refractivity contribution < 1.29 is 34.3 Å². The monoisotopic (exact) mass is 633 g/mol. The highest BCUT2D eigenvalue weighted by Crippen LogP contribution is 2.30. The van der Waals surface area contributed by atoms with Crippen LogP contribution < -0.4 is 20.9 Å². The van der Waals surface area contributed by atoms with Crippen LogP contribution in [0, 0.1) is 0 Å². The van der Waals surface area contributed by atoms with E-state index in [-0.39, 0.29) is 20.7 Å². The van der Waals surface area contributed by atoms with Crippen LogP contribution >= 0.6 is 0 Å². The SMILES string of the molecule is F.F.O=C(O)Nc1cc(CCCOc2ccc(CCNCC(O)c3ccc(O)c4[nH]c(=O)ccc34)cc2)ccc1-c1ccccc1. The number of hydrogen-bond acceptors (Lipinski definition) is 6. The summed E-state index contributed by atoms with van der Waals surface area (Å²) in [5.74, 6) is 0.744. The van der Waals surface area contributed by atoms with Gasteiger partial charge in [-0.2, -0.15) is 0 Å². The first-order valence-electron chi connectivity index (χ1n) is 14.5. The Kier molecular flexibility index (Phi) is 12.8. The van der Waals surface area contributed by atoms with Crippen LogP contribution in [0.15, 0.2) is 102 Å². The number of amides is 1. The number of phenolic OH excluding ortho intramolecular Hbond substituents is 1. The lowest BCUT2D eigenvalue weighted by molar-refractivity contribution is 0.176. The molecule has 0 fully saturated rings. The highest BCUT2D eigenvalue weighted by atomic mass is 19.0. The van der Waals surface area contributed by atoms with E-state index in [0.717, 1.165) is 47.3 Å². The Balaban J connectivity index is 0.00000288. The van der Waals surface area contributed by atoms with Gasteiger partial charge in [-0.25, -0.2) is 4.79 Å². The fourth-order valence-corrected chi connectivity index (χ4v) is 5.18. The van der Waals surface area contributed by atoms with Crippen molar-refractivity contribution in [3.63, 3.8) is 0 Å². The lowest BCUT2D eigenvalue weighted by atomic mass is 10.00. The number of halogens is 2. The normalized spacial score (nSPS) is 11.2. The molecule has 0 aliphatic carbocycles. The van der Waals surface area contributed by atoms with Crippen molar-refractivity contribution in [1.29, 1.82) is 0 Å². The van der Waals surface area contributed by atoms with Gasteiger partial charge in [-0.05, 0) is 78.4 Å². The van der Waals surface area contributed by atoms with Crippen LogP contribution in [0.4, 0.5) is 19.9 Å². The topological polar surface area (TPSA) is 144 Å². The summed E-state index contributed by atoms with van der Waals surface area (Å²) in [5, 5.41) is 36.5. The molecule has 1 heterocycles. The zero-order valence-electron chi connectivity index (χ0n) is 24.9. The molecule has 1 aromatic heterocycles. The van der Waals surface area contributed by atoms with Crippen molar-refractivity contribution >= 4 is 22.7 Å². The molecule has 5 rings (SSSR count). The molecule has 1 atom stereocenters. The maximum absolute atomic E-state index is 11.6. The summed E-state index contributed by atoms with van der Waals surface area (Å²) in [4.78, 5) is 25.6. The predicted octanol–water partition coefficient (Wildman–Crippen LogP) is 6.17. The average Bonchev–Trinajstić information content (AvgIpc) is 3.02. The van der Waals surface area contributed by atoms with Crippen LogP contribution in [0.5, 0.6) is 11.5 Å². The number of aromatic amines is 1. The van der Waals surface area contributed by atoms with Crippen LogP contribution in [0.1, 0.15) is 29.2 Å². The molecule has 1 amide bonds. The zero-order chi connectivity index (χ0) is 30.9. The Morgan fingerprint density at radius 3 is 2.35 bits per heavy atom. The van der Waals surface area contributed by atoms with E-state index in [0.29, 0.717) is 41.9 Å². The van der Waals surface area contributed by atoms with Gasteiger partial charge in [0, 0.05) is 23.6 Å². The molecule has 0 saturated heterocycles. The number of H-pyrrole nitrogens is 1. The molecule has 0 saturated carbocycles. The number of anilines is 1. The summed E-state index contributed by atoms with van der Waals surface area (Å²) in [6.07, 6.45) is 0.389. The first kappa shape index (κ1) is 35.2. The van der Waals surface area contributed by atoms with Crippen molar-refractivity contribution in [3.05, 3.63) is 124 Å². The van der Waals surface area contributed by atoms with Crippen molar-refractivity contribution in [1.82, 2.24) is 10.3 Å². The number of aromatic hydroxyl groups is 1. The smallest absolute Gasteiger partial charge is 0.409 e. The van der Waals surface area contributed by atoms with Gasteiger partial charge in [-0.3, -0.25) is 19.5 Å². The second-order valence-corrected chi connectivity index (χ2v) is 10.5. The minimum atomic E-state index is -1.10. The number of benzene rings is 4. The fraction of sp³-hybridized carbons (Fsp3) is 0.200. The number of aliphatic hydroxyl groups excluding tert-OH is 1. The highest BCUT2D eigenvalue weighted by molar-refractivity contribution is 5.91. The van der Waals surface area contributed by atoms with Gasteiger partial charge in [0.2, 0.25) is 5.56 Å². The van der Waals surface area contributed by atoms with E-state index >= 15 is 0 Å². The number of rotatable bonds is 13. The van der Waals surface area contributed by atoms with Gasteiger partial charge >= 0.3 is 6.09 Å². The van der Waals surface area contributed by atoms with E-state index in [9.17, 15) is 24.9 Å². The summed E-state index contributed by atoms with van der Waals surface area (Å²) in [7, 11) is 0. The molecule has 46 heavy (non-hydrogen) atoms. The molecular formula is C35H37F2N3O6. The molecule has 0 bridgehead atoms. The van der Waals surface area contributed by atoms with E-state index in [2.05, 4.69) is 15.6 Å². The minimum Gasteiger partial charge on any atom is -0.506 e. The first-order valence-corrected chi connectivity index (χ1v) is 14.5. The molecule has 9 nitrogen and oxygen atoms in total. The number of aryl methyl sites for hydroxylation is 1. The van der Waals surface area contributed by atoms with E-state index in [1.165, 1.54) is 12.1 Å². The third kappa shape index (κ3) is 9.13. The standard InChI is InChI=1S/C35H35N3O6.2FH/c39-31-16-14-28(29-15-17-33(41)38-34(29)31)32(40)22-36-19-18-23-8-11-26(12-9-23)44-20-4-5-24-10-13-27(25-6-2-1-3-7-25)30(21-24)37-35(42)43;;/h1-3,6-17,21,32,36-37,39-40H,4-5,18-20,22H2,(H,38,41)(H,42,43);2*1H. The molecule has 0 spiro atoms. The quantitative estimate of drug-likeness (QED) is 0.0851. The van der Waals surface area contributed by atoms with Gasteiger partial charge in [0.15, 0.2) is 0 Å². The molecule has 4 aromatic carbocycles. The summed E-state index contributed by atoms with van der Waals surface area (Å²) in [5.41, 5.74) is 5.13. The molecule has 1 unspecified atom stereocenters. The second-order valence-electron chi connectivity index (χ2n) is 10.5. The van der Waals surface area contributed by atoms with Crippen LogP contribution in [0.3, 0.4) is 0 Å². The Hall–Kier alpha value is -5.26. The Labute approximate surface area is 264 Å². The Morgan fingerprint density at radius 1 is 0.870 bits per heavy atom. The number of fused-ring (bicyclic) bond motifs is 1. The van der Waals surface area contributed by atoms with Gasteiger partial charge in [0.1, 0.15) is 11.5 Å². The number of pyridine rings is 1. The Morgan fingerprint density at radius 2 is 1.61 bits per heavy atom. The van der Waals surface area contributed by atoms with Crippen molar-refractivity contribution in [2.75, 3.05) is 25.0 Å². The van der Waals surface area contributed by atoms with Crippen molar-refractivity contribution in [2.45, 2.75) is 25.4 Å². The summed E-state index contributed by atoms with van der Waals surface area (Å²) in [6, 6.07) is 29.6. The molecule has 0 radical (unpaired) electrons. The van der Waals surface area contributed by atoms with E-state index in [4.69, 9.17) is 4.74 Å². The van der Waals surface area contributed by atoms with Crippen LogP contribution in [-0.4, -0.2) is 46.1 Å². The van der Waals surface area contributed by atoms with E-state index in [1.807, 2.05) is 72.8 Å². The number of aromatic nitrogens is 1. The maximum Gasteiger partial charge on any atom is 0.409 e. The lowest BCUT2D eigenvalue weighted by Crippen LogP contribution is -2.24. The maximum atomic E-state index is 11.6. The van der Waals surface area contributed by atoms with Gasteiger partial charge in [0.25, 0.3) is 0 Å². The zero-order valence-corrected chi connectivity index (χ0v) is 24.9. The average molecular weight is 634 g/mol. The second kappa shape index (κ2) is 16.7. The number of phenols is 1. The summed E-state index contributed by atoms with van der Waals surface area (Å²) >= 11 is 0. The van der Waals surface area contributed by atoms with Gasteiger partial charge in [0.05, 0.1) is 23.9 Å². The lowest BCUT2D eigenvalue weighted by Gasteiger charge is -2.15. The molecule has 11 heteroatoms. The van der Waals surface area contributed by atoms with Crippen LogP contribution in [-0.2, 0) is 12.8 Å². The molecular weight excluding hydrogens is 596 g/mol. The van der Waals surface area contributed by atoms with Gasteiger partial charge in [-0.1, -0.05) is 60.7 Å². The van der Waals surface area contributed by atoms with Gasteiger partial charge in [-0.15, -0.1) is 0 Å². The molecule has 242 valence electrons. The summed E-state index contributed by atoms with van der Waals surface area (Å²) < 4.78 is 5.93. The highest BCUT2D eigenvalue weighted by Gasteiger charge is 2.14. The van der Waals surface area contributed by atoms with Gasteiger partial charge < -0.3 is 30.4 Å². The number of aliphatic hydroxyl groups is 1. The molecule has 0 aliphatic heterocycles. The molecule has 6 N–H and O–H groups in total. The summed E-state index contributed by atoms with van der Waals surface area (Å²) in [6.45, 7) is 1.51. The van der Waals surface area contributed by atoms with Crippen molar-refractivity contribution in [2.24, 2.45) is 0 Å². The first-order chi connectivity index (χ1) is 21.4. The van der Waals surface area contributed by atoms with E-state index in [1.54, 1.807) is 12.1 Å². The number of hydrogen-bond donors (Lipinski definition) is 6. The van der Waals surface area contributed by atoms with Crippen LogP contribution in [0.2, 0.25) is 0 Å². The third-order valence-electron chi connectivity index (χ3n) is 7.41. The third-order valence-corrected chi connectivity index (χ3v) is 7.41. The van der Waals surface area contributed by atoms with Crippen molar-refractivity contribution in [3.8, 4) is 22.6 Å². The van der Waals surface area contributed by atoms with E-state index < -0.39 is 12.2 Å². The number of ether oxygens (including phenoxy) is 1. The number of nitrogens with one attached hydrogen (secondary N) is 3.